The minimum Gasteiger partial charge on any atom is -0.472 e. The molecule has 1 aliphatic rings. The monoisotopic (exact) mass is 467 g/mol. The van der Waals surface area contributed by atoms with E-state index in [1.807, 2.05) is 45.7 Å². The maximum atomic E-state index is 14.1. The Morgan fingerprint density at radius 1 is 1.32 bits per heavy atom. The van der Waals surface area contributed by atoms with Crippen molar-refractivity contribution in [2.75, 3.05) is 26.7 Å². The number of amides is 1. The summed E-state index contributed by atoms with van der Waals surface area (Å²) in [5.74, 6) is 6.08. The number of pyridine rings is 1. The Morgan fingerprint density at radius 2 is 2.06 bits per heavy atom. The molecule has 6 nitrogen and oxygen atoms in total. The number of aromatic nitrogens is 1. The fourth-order valence-corrected chi connectivity index (χ4v) is 3.91. The summed E-state index contributed by atoms with van der Waals surface area (Å²) in [4.78, 5) is 21.6. The molecule has 1 amide bonds. The second kappa shape index (κ2) is 11.5. The molecule has 0 fully saturated rings. The molecule has 0 spiro atoms. The topological polar surface area (TPSA) is 65.9 Å². The highest BCUT2D eigenvalue weighted by atomic mass is 19.1. The Kier molecular flexibility index (Phi) is 8.65. The van der Waals surface area contributed by atoms with E-state index in [4.69, 9.17) is 4.74 Å². The summed E-state index contributed by atoms with van der Waals surface area (Å²) in [5, 5.41) is 9.80. The molecule has 0 unspecified atom stereocenters. The number of aliphatic hydroxyl groups excluding tert-OH is 1. The first kappa shape index (κ1) is 25.7. The van der Waals surface area contributed by atoms with Gasteiger partial charge in [-0.15, -0.1) is 0 Å². The number of ether oxygens (including phenoxy) is 1. The van der Waals surface area contributed by atoms with Crippen molar-refractivity contribution in [1.29, 1.82) is 0 Å². The van der Waals surface area contributed by atoms with Crippen LogP contribution in [0, 0.1) is 29.5 Å². The van der Waals surface area contributed by atoms with Gasteiger partial charge in [-0.05, 0) is 26.1 Å². The Labute approximate surface area is 201 Å². The Balaban J connectivity index is 1.91. The number of halogens is 1. The van der Waals surface area contributed by atoms with Gasteiger partial charge in [-0.2, -0.15) is 0 Å². The number of rotatable bonds is 6. The molecule has 182 valence electrons. The van der Waals surface area contributed by atoms with E-state index in [2.05, 4.69) is 16.8 Å². The van der Waals surface area contributed by atoms with Gasteiger partial charge in [-0.25, -0.2) is 9.37 Å². The average molecular weight is 468 g/mol. The molecule has 34 heavy (non-hydrogen) atoms. The van der Waals surface area contributed by atoms with Crippen LogP contribution in [0.5, 0.6) is 5.88 Å². The third-order valence-electron chi connectivity index (χ3n) is 5.92. The predicted octanol–water partition coefficient (Wildman–Crippen LogP) is 3.58. The molecule has 0 radical (unpaired) electrons. The standard InChI is InChI=1S/C27H34FN3O3/c1-18(2)10-11-21-12-23-26(29-13-21)34-25(19(3)14-31(27(23)33)20(4)17-32)16-30(5)15-22-8-6-7-9-24(22)28/h6-9,12-13,18-20,25,32H,14-17H2,1-5H3/t19-,20+,25-/m0/s1. The average Bonchev–Trinajstić information content (AvgIpc) is 2.81. The Bertz CT molecular complexity index is 1060. The van der Waals surface area contributed by atoms with Crippen LogP contribution in [0.1, 0.15) is 49.2 Å². The molecule has 0 saturated carbocycles. The van der Waals surface area contributed by atoms with Crippen LogP contribution in [-0.2, 0) is 6.54 Å². The number of aliphatic hydroxyl groups is 1. The summed E-state index contributed by atoms with van der Waals surface area (Å²) in [6.45, 7) is 9.04. The fraction of sp³-hybridized carbons (Fsp3) is 0.481. The lowest BCUT2D eigenvalue weighted by molar-refractivity contribution is 0.0324. The number of likely N-dealkylation sites (N-methyl/N-ethyl adjacent to an activating group) is 1. The highest BCUT2D eigenvalue weighted by molar-refractivity contribution is 5.97. The number of fused-ring (bicyclic) bond motifs is 1. The van der Waals surface area contributed by atoms with Gasteiger partial charge in [-0.3, -0.25) is 9.69 Å². The normalized spacial score (nSPS) is 19.1. The van der Waals surface area contributed by atoms with Crippen molar-refractivity contribution in [3.8, 4) is 17.7 Å². The zero-order valence-corrected chi connectivity index (χ0v) is 20.6. The highest BCUT2D eigenvalue weighted by Gasteiger charge is 2.34. The molecule has 2 heterocycles. The smallest absolute Gasteiger partial charge is 0.259 e. The first-order valence-electron chi connectivity index (χ1n) is 11.7. The fourth-order valence-electron chi connectivity index (χ4n) is 3.91. The van der Waals surface area contributed by atoms with E-state index in [0.29, 0.717) is 36.3 Å². The zero-order valence-electron chi connectivity index (χ0n) is 20.6. The van der Waals surface area contributed by atoms with E-state index in [9.17, 15) is 14.3 Å². The van der Waals surface area contributed by atoms with Crippen LogP contribution in [-0.4, -0.2) is 64.7 Å². The molecule has 0 bridgehead atoms. The van der Waals surface area contributed by atoms with Crippen LogP contribution in [0.3, 0.4) is 0 Å². The van der Waals surface area contributed by atoms with E-state index in [1.54, 1.807) is 29.3 Å². The molecule has 1 aliphatic heterocycles. The molecule has 1 N–H and O–H groups in total. The summed E-state index contributed by atoms with van der Waals surface area (Å²) >= 11 is 0. The maximum Gasteiger partial charge on any atom is 0.259 e. The van der Waals surface area contributed by atoms with Crippen LogP contribution >= 0.6 is 0 Å². The molecule has 0 saturated heterocycles. The van der Waals surface area contributed by atoms with Gasteiger partial charge in [0.1, 0.15) is 17.5 Å². The van der Waals surface area contributed by atoms with Crippen LogP contribution in [0.15, 0.2) is 36.5 Å². The Morgan fingerprint density at radius 3 is 2.74 bits per heavy atom. The van der Waals surface area contributed by atoms with Crippen molar-refractivity contribution in [3.63, 3.8) is 0 Å². The summed E-state index contributed by atoms with van der Waals surface area (Å²) < 4.78 is 20.4. The highest BCUT2D eigenvalue weighted by Crippen LogP contribution is 2.27. The Hall–Kier alpha value is -2.95. The van der Waals surface area contributed by atoms with E-state index >= 15 is 0 Å². The summed E-state index contributed by atoms with van der Waals surface area (Å²) in [7, 11) is 1.92. The van der Waals surface area contributed by atoms with E-state index in [0.717, 1.165) is 0 Å². The van der Waals surface area contributed by atoms with Gasteiger partial charge >= 0.3 is 0 Å². The SMILES string of the molecule is CC(C)C#Cc1cnc2c(c1)C(=O)N([C@H](C)CO)C[C@H](C)[C@H](CN(C)Cc1ccccc1F)O2. The van der Waals surface area contributed by atoms with Gasteiger partial charge in [0.15, 0.2) is 0 Å². The third kappa shape index (κ3) is 6.34. The first-order chi connectivity index (χ1) is 16.2. The van der Waals surface area contributed by atoms with Crippen molar-refractivity contribution in [3.05, 3.63) is 59.0 Å². The molecule has 3 rings (SSSR count). The van der Waals surface area contributed by atoms with Gasteiger partial charge in [0.2, 0.25) is 5.88 Å². The second-order valence-corrected chi connectivity index (χ2v) is 9.41. The molecule has 1 aromatic heterocycles. The van der Waals surface area contributed by atoms with Gasteiger partial charge in [0.05, 0.1) is 12.6 Å². The molecule has 1 aromatic carbocycles. The first-order valence-corrected chi connectivity index (χ1v) is 11.7. The van der Waals surface area contributed by atoms with E-state index in [-0.39, 0.29) is 48.2 Å². The quantitative estimate of drug-likeness (QED) is 0.658. The summed E-state index contributed by atoms with van der Waals surface area (Å²) in [6.07, 6.45) is 1.32. The minimum absolute atomic E-state index is 0.0450. The number of carbonyl (C=O) groups is 1. The number of hydrogen-bond donors (Lipinski definition) is 1. The van der Waals surface area contributed by atoms with Crippen LogP contribution in [0.25, 0.3) is 0 Å². The molecular formula is C27H34FN3O3. The molecule has 2 aromatic rings. The van der Waals surface area contributed by atoms with Crippen molar-refractivity contribution in [1.82, 2.24) is 14.8 Å². The predicted molar refractivity (Wildman–Crippen MR) is 130 cm³/mol. The van der Waals surface area contributed by atoms with Crippen molar-refractivity contribution in [2.45, 2.75) is 46.4 Å². The lowest BCUT2D eigenvalue weighted by Crippen LogP contribution is -2.49. The number of carbonyl (C=O) groups excluding carboxylic acids is 1. The number of hydrogen-bond acceptors (Lipinski definition) is 5. The van der Waals surface area contributed by atoms with E-state index in [1.165, 1.54) is 6.07 Å². The number of benzene rings is 1. The van der Waals surface area contributed by atoms with Crippen LogP contribution < -0.4 is 4.74 Å². The largest absolute Gasteiger partial charge is 0.472 e. The van der Waals surface area contributed by atoms with Crippen molar-refractivity contribution in [2.24, 2.45) is 11.8 Å². The van der Waals surface area contributed by atoms with Gasteiger partial charge in [-0.1, -0.05) is 50.8 Å². The maximum absolute atomic E-state index is 14.1. The van der Waals surface area contributed by atoms with Gasteiger partial charge in [0.25, 0.3) is 5.91 Å². The third-order valence-corrected chi connectivity index (χ3v) is 5.92. The van der Waals surface area contributed by atoms with Crippen molar-refractivity contribution >= 4 is 5.91 Å². The second-order valence-electron chi connectivity index (χ2n) is 9.41. The van der Waals surface area contributed by atoms with Crippen LogP contribution in [0.2, 0.25) is 0 Å². The van der Waals surface area contributed by atoms with E-state index < -0.39 is 0 Å². The lowest BCUT2D eigenvalue weighted by atomic mass is 9.99. The summed E-state index contributed by atoms with van der Waals surface area (Å²) in [5.41, 5.74) is 1.59. The van der Waals surface area contributed by atoms with Gasteiger partial charge in [0, 0.05) is 48.8 Å². The molecule has 7 heteroatoms. The molecule has 3 atom stereocenters. The lowest BCUT2D eigenvalue weighted by Gasteiger charge is -2.37. The van der Waals surface area contributed by atoms with Crippen molar-refractivity contribution < 1.29 is 19.0 Å². The molecule has 0 aliphatic carbocycles. The van der Waals surface area contributed by atoms with Crippen LogP contribution in [0.4, 0.5) is 4.39 Å². The van der Waals surface area contributed by atoms with Gasteiger partial charge < -0.3 is 14.7 Å². The molecular weight excluding hydrogens is 433 g/mol. The minimum atomic E-state index is -0.358. The number of nitrogens with zero attached hydrogens (tertiary/aromatic N) is 3. The summed E-state index contributed by atoms with van der Waals surface area (Å²) in [6, 6.07) is 8.08. The zero-order chi connectivity index (χ0) is 24.8.